The SMILES string of the molecule is CC(CO)CCNS(=O)(=O)c1ccc2oc3ccc(S(=O)(=O)NCCC(C)CO)cc3c(=O)c2c1. The Hall–Kier alpha value is -2.35. The van der Waals surface area contributed by atoms with E-state index in [-0.39, 0.29) is 69.9 Å². The van der Waals surface area contributed by atoms with Gasteiger partial charge in [-0.25, -0.2) is 26.3 Å². The topological polar surface area (TPSA) is 163 Å². The molecular formula is C23H30N2O8S2. The van der Waals surface area contributed by atoms with Gasteiger partial charge in [0.05, 0.1) is 20.6 Å². The fourth-order valence-corrected chi connectivity index (χ4v) is 5.52. The second kappa shape index (κ2) is 11.1. The quantitative estimate of drug-likeness (QED) is 0.258. The van der Waals surface area contributed by atoms with Gasteiger partial charge in [-0.1, -0.05) is 13.8 Å². The second-order valence-corrected chi connectivity index (χ2v) is 12.2. The lowest BCUT2D eigenvalue weighted by Crippen LogP contribution is -2.26. The number of aliphatic hydroxyl groups excluding tert-OH is 2. The first-order chi connectivity index (χ1) is 16.5. The number of aliphatic hydroxyl groups is 2. The Morgan fingerprint density at radius 2 is 1.17 bits per heavy atom. The van der Waals surface area contributed by atoms with Gasteiger partial charge in [-0.15, -0.1) is 0 Å². The van der Waals surface area contributed by atoms with Crippen molar-refractivity contribution in [3.8, 4) is 0 Å². The summed E-state index contributed by atoms with van der Waals surface area (Å²) in [5.74, 6) is -0.128. The summed E-state index contributed by atoms with van der Waals surface area (Å²) in [4.78, 5) is 12.9. The highest BCUT2D eigenvalue weighted by Gasteiger charge is 2.19. The van der Waals surface area contributed by atoms with Crippen LogP contribution in [0.5, 0.6) is 0 Å². The van der Waals surface area contributed by atoms with E-state index < -0.39 is 25.5 Å². The molecule has 10 nitrogen and oxygen atoms in total. The molecule has 1 heterocycles. The van der Waals surface area contributed by atoms with Crippen LogP contribution in [-0.4, -0.2) is 53.4 Å². The molecule has 3 aromatic rings. The van der Waals surface area contributed by atoms with E-state index in [0.717, 1.165) is 0 Å². The maximum Gasteiger partial charge on any atom is 0.240 e. The molecule has 0 aliphatic carbocycles. The first-order valence-electron chi connectivity index (χ1n) is 11.2. The summed E-state index contributed by atoms with van der Waals surface area (Å²) in [5, 5.41) is 18.2. The van der Waals surface area contributed by atoms with Crippen molar-refractivity contribution >= 4 is 42.0 Å². The van der Waals surface area contributed by atoms with Crippen LogP contribution in [-0.2, 0) is 20.0 Å². The molecule has 0 aliphatic heterocycles. The second-order valence-electron chi connectivity index (χ2n) is 8.70. The lowest BCUT2D eigenvalue weighted by molar-refractivity contribution is 0.231. The van der Waals surface area contributed by atoms with E-state index in [1.54, 1.807) is 13.8 Å². The third-order valence-electron chi connectivity index (χ3n) is 5.71. The molecule has 0 bridgehead atoms. The van der Waals surface area contributed by atoms with Gasteiger partial charge in [0.1, 0.15) is 11.2 Å². The van der Waals surface area contributed by atoms with Crippen LogP contribution in [0, 0.1) is 11.8 Å². The standard InChI is InChI=1S/C23H30N2O8S2/c1-15(13-26)7-9-24-34(29,30)17-3-5-21-19(11-17)23(28)20-12-18(4-6-22(20)33-21)35(31,32)25-10-8-16(2)14-27/h3-6,11-12,15-16,24-27H,7-10,13-14H2,1-2H3. The zero-order chi connectivity index (χ0) is 25.8. The molecule has 192 valence electrons. The average Bonchev–Trinajstić information content (AvgIpc) is 2.83. The highest BCUT2D eigenvalue weighted by Crippen LogP contribution is 2.24. The van der Waals surface area contributed by atoms with Gasteiger partial charge in [0, 0.05) is 26.3 Å². The number of hydrogen-bond acceptors (Lipinski definition) is 8. The van der Waals surface area contributed by atoms with E-state index in [1.165, 1.54) is 36.4 Å². The van der Waals surface area contributed by atoms with E-state index >= 15 is 0 Å². The summed E-state index contributed by atoms with van der Waals surface area (Å²) in [7, 11) is -7.83. The molecule has 0 saturated carbocycles. The van der Waals surface area contributed by atoms with Gasteiger partial charge in [-0.05, 0) is 61.1 Å². The molecule has 12 heteroatoms. The van der Waals surface area contributed by atoms with E-state index in [0.29, 0.717) is 12.8 Å². The Bertz CT molecular complexity index is 1360. The third-order valence-corrected chi connectivity index (χ3v) is 8.63. The van der Waals surface area contributed by atoms with Crippen LogP contribution in [0.15, 0.2) is 55.4 Å². The van der Waals surface area contributed by atoms with Gasteiger partial charge in [0.15, 0.2) is 0 Å². The van der Waals surface area contributed by atoms with Crippen molar-refractivity contribution in [2.24, 2.45) is 11.8 Å². The molecule has 2 aromatic carbocycles. The molecule has 2 atom stereocenters. The highest BCUT2D eigenvalue weighted by atomic mass is 32.2. The van der Waals surface area contributed by atoms with Gasteiger partial charge in [-0.2, -0.15) is 0 Å². The van der Waals surface area contributed by atoms with Crippen LogP contribution >= 0.6 is 0 Å². The third kappa shape index (κ3) is 6.46. The van der Waals surface area contributed by atoms with Crippen LogP contribution in [0.25, 0.3) is 21.9 Å². The minimum absolute atomic E-state index is 0.00313. The number of hydrogen-bond donors (Lipinski definition) is 4. The Morgan fingerprint density at radius 1 is 0.771 bits per heavy atom. The molecule has 2 unspecified atom stereocenters. The molecule has 0 amide bonds. The van der Waals surface area contributed by atoms with Gasteiger partial charge >= 0.3 is 0 Å². The molecular weight excluding hydrogens is 496 g/mol. The molecule has 3 rings (SSSR count). The van der Waals surface area contributed by atoms with E-state index in [1.807, 2.05) is 0 Å². The summed E-state index contributed by atoms with van der Waals surface area (Å²) in [6.07, 6.45) is 0.889. The normalized spacial score (nSPS) is 14.4. The lowest BCUT2D eigenvalue weighted by Gasteiger charge is -2.11. The Morgan fingerprint density at radius 3 is 1.54 bits per heavy atom. The number of benzene rings is 2. The average molecular weight is 527 g/mol. The number of fused-ring (bicyclic) bond motifs is 2. The zero-order valence-electron chi connectivity index (χ0n) is 19.5. The predicted molar refractivity (Wildman–Crippen MR) is 132 cm³/mol. The summed E-state index contributed by atoms with van der Waals surface area (Å²) >= 11 is 0. The van der Waals surface area contributed by atoms with E-state index in [2.05, 4.69) is 9.44 Å². The molecule has 0 fully saturated rings. The smallest absolute Gasteiger partial charge is 0.240 e. The predicted octanol–water partition coefficient (Wildman–Crippen LogP) is 1.54. The minimum atomic E-state index is -3.91. The fraction of sp³-hybridized carbons (Fsp3) is 0.435. The van der Waals surface area contributed by atoms with Crippen molar-refractivity contribution in [2.45, 2.75) is 36.5 Å². The maximum atomic E-state index is 13.2. The van der Waals surface area contributed by atoms with Gasteiger partial charge in [0.25, 0.3) is 0 Å². The van der Waals surface area contributed by atoms with Gasteiger partial charge in [0.2, 0.25) is 25.5 Å². The van der Waals surface area contributed by atoms with Crippen molar-refractivity contribution in [1.29, 1.82) is 0 Å². The summed E-state index contributed by atoms with van der Waals surface area (Å²) in [6.45, 7) is 3.72. The fourth-order valence-electron chi connectivity index (χ4n) is 3.38. The Kier molecular flexibility index (Phi) is 8.67. The molecule has 0 radical (unpaired) electrons. The number of sulfonamides is 2. The first-order valence-corrected chi connectivity index (χ1v) is 14.2. The van der Waals surface area contributed by atoms with E-state index in [4.69, 9.17) is 14.6 Å². The monoisotopic (exact) mass is 526 g/mol. The number of nitrogens with one attached hydrogen (secondary N) is 2. The maximum absolute atomic E-state index is 13.2. The summed E-state index contributed by atoms with van der Waals surface area (Å²) in [5.41, 5.74) is -0.220. The Balaban J connectivity index is 1.95. The van der Waals surface area contributed by atoms with E-state index in [9.17, 15) is 21.6 Å². The summed E-state index contributed by atoms with van der Waals surface area (Å²) < 4.78 is 61.3. The first kappa shape index (κ1) is 27.2. The zero-order valence-corrected chi connectivity index (χ0v) is 21.2. The molecule has 0 aliphatic rings. The van der Waals surface area contributed by atoms with Crippen molar-refractivity contribution in [3.05, 3.63) is 46.6 Å². The van der Waals surface area contributed by atoms with Crippen molar-refractivity contribution in [3.63, 3.8) is 0 Å². The van der Waals surface area contributed by atoms with Crippen molar-refractivity contribution in [2.75, 3.05) is 26.3 Å². The Labute approximate surface area is 204 Å². The largest absolute Gasteiger partial charge is 0.456 e. The van der Waals surface area contributed by atoms with Crippen LogP contribution in [0.2, 0.25) is 0 Å². The van der Waals surface area contributed by atoms with Crippen molar-refractivity contribution in [1.82, 2.24) is 9.44 Å². The lowest BCUT2D eigenvalue weighted by atomic mass is 10.1. The van der Waals surface area contributed by atoms with Crippen LogP contribution in [0.1, 0.15) is 26.7 Å². The minimum Gasteiger partial charge on any atom is -0.456 e. The summed E-state index contributed by atoms with van der Waals surface area (Å²) in [6, 6.07) is 7.82. The molecule has 0 saturated heterocycles. The number of rotatable bonds is 12. The molecule has 0 spiro atoms. The van der Waals surface area contributed by atoms with Gasteiger partial charge < -0.3 is 14.6 Å². The van der Waals surface area contributed by atoms with Gasteiger partial charge in [-0.3, -0.25) is 4.79 Å². The van der Waals surface area contributed by atoms with Crippen LogP contribution < -0.4 is 14.9 Å². The molecule has 1 aromatic heterocycles. The van der Waals surface area contributed by atoms with Crippen molar-refractivity contribution < 1.29 is 31.5 Å². The highest BCUT2D eigenvalue weighted by molar-refractivity contribution is 7.89. The van der Waals surface area contributed by atoms with Crippen LogP contribution in [0.4, 0.5) is 0 Å². The molecule has 35 heavy (non-hydrogen) atoms. The van der Waals surface area contributed by atoms with Crippen LogP contribution in [0.3, 0.4) is 0 Å². The molecule has 4 N–H and O–H groups in total.